The predicted octanol–water partition coefficient (Wildman–Crippen LogP) is 3.08. The molecule has 1 aliphatic heterocycles. The maximum Gasteiger partial charge on any atom is 0.254 e. The van der Waals surface area contributed by atoms with Crippen LogP contribution in [0.5, 0.6) is 0 Å². The Morgan fingerprint density at radius 2 is 1.81 bits per heavy atom. The topological polar surface area (TPSA) is 20.3 Å². The van der Waals surface area contributed by atoms with E-state index >= 15 is 0 Å². The van der Waals surface area contributed by atoms with Crippen LogP contribution in [0.25, 0.3) is 0 Å². The van der Waals surface area contributed by atoms with Crippen LogP contribution in [0.3, 0.4) is 0 Å². The lowest BCUT2D eigenvalue weighted by atomic mass is 10.0. The molecule has 0 aromatic rings. The normalized spacial score (nSPS) is 17.8. The van der Waals surface area contributed by atoms with Gasteiger partial charge in [-0.25, -0.2) is 0 Å². The van der Waals surface area contributed by atoms with Crippen molar-refractivity contribution in [3.63, 3.8) is 0 Å². The molecule has 0 N–H and O–H groups in total. The molecular weight excluding hydrogens is 198 g/mol. The molecule has 0 atom stereocenters. The van der Waals surface area contributed by atoms with Gasteiger partial charge in [0.2, 0.25) is 0 Å². The van der Waals surface area contributed by atoms with Gasteiger partial charge in [0.1, 0.15) is 0 Å². The Bertz CT molecular complexity index is 344. The molecule has 1 heterocycles. The monoisotopic (exact) mass is 219 g/mol. The molecule has 0 bridgehead atoms. The van der Waals surface area contributed by atoms with E-state index in [0.29, 0.717) is 0 Å². The standard InChI is InChI=1S/C14H21NO/c1-5-8-13(12(4)11(2)3)14(16)15-9-6-7-10-15/h5,8H,2,6-7,9-10H2,1,3-4H3/b8-5-,13-12+. The third-order valence-electron chi connectivity index (χ3n) is 3.00. The first-order chi connectivity index (χ1) is 7.57. The fourth-order valence-electron chi connectivity index (χ4n) is 1.84. The third-order valence-corrected chi connectivity index (χ3v) is 3.00. The Labute approximate surface area is 98.3 Å². The van der Waals surface area contributed by atoms with Gasteiger partial charge in [-0.2, -0.15) is 0 Å². The van der Waals surface area contributed by atoms with Gasteiger partial charge in [-0.3, -0.25) is 4.79 Å². The number of carbonyl (C=O) groups is 1. The number of likely N-dealkylation sites (tertiary alicyclic amines) is 1. The molecule has 1 saturated heterocycles. The van der Waals surface area contributed by atoms with Crippen LogP contribution in [0.15, 0.2) is 35.5 Å². The van der Waals surface area contributed by atoms with Crippen LogP contribution in [0.2, 0.25) is 0 Å². The second kappa shape index (κ2) is 5.69. The van der Waals surface area contributed by atoms with Gasteiger partial charge in [0.05, 0.1) is 0 Å². The number of rotatable bonds is 3. The zero-order valence-electron chi connectivity index (χ0n) is 10.5. The lowest BCUT2D eigenvalue weighted by Gasteiger charge is -2.17. The average molecular weight is 219 g/mol. The van der Waals surface area contributed by atoms with Crippen molar-refractivity contribution in [2.24, 2.45) is 0 Å². The fraction of sp³-hybridized carbons (Fsp3) is 0.500. The van der Waals surface area contributed by atoms with Crippen molar-refractivity contribution in [3.05, 3.63) is 35.5 Å². The number of carbonyl (C=O) groups excluding carboxylic acids is 1. The highest BCUT2D eigenvalue weighted by atomic mass is 16.2. The Kier molecular flexibility index (Phi) is 4.53. The van der Waals surface area contributed by atoms with E-state index in [1.807, 2.05) is 37.8 Å². The summed E-state index contributed by atoms with van der Waals surface area (Å²) in [6, 6.07) is 0. The molecule has 1 fully saturated rings. The van der Waals surface area contributed by atoms with E-state index in [2.05, 4.69) is 6.58 Å². The molecule has 0 aliphatic carbocycles. The maximum absolute atomic E-state index is 12.3. The van der Waals surface area contributed by atoms with Gasteiger partial charge in [-0.05, 0) is 39.2 Å². The average Bonchev–Trinajstić information content (AvgIpc) is 2.77. The smallest absolute Gasteiger partial charge is 0.254 e. The molecule has 2 nitrogen and oxygen atoms in total. The first kappa shape index (κ1) is 12.8. The first-order valence-corrected chi connectivity index (χ1v) is 5.86. The summed E-state index contributed by atoms with van der Waals surface area (Å²) in [5, 5.41) is 0. The largest absolute Gasteiger partial charge is 0.339 e. The maximum atomic E-state index is 12.3. The zero-order valence-corrected chi connectivity index (χ0v) is 10.5. The third kappa shape index (κ3) is 2.84. The Morgan fingerprint density at radius 1 is 1.25 bits per heavy atom. The van der Waals surface area contributed by atoms with E-state index in [4.69, 9.17) is 0 Å². The highest BCUT2D eigenvalue weighted by molar-refractivity contribution is 5.97. The molecule has 0 spiro atoms. The van der Waals surface area contributed by atoms with Crippen LogP contribution < -0.4 is 0 Å². The Hall–Kier alpha value is -1.31. The molecule has 1 amide bonds. The van der Waals surface area contributed by atoms with Crippen LogP contribution in [-0.2, 0) is 4.79 Å². The van der Waals surface area contributed by atoms with E-state index in [1.165, 1.54) is 0 Å². The van der Waals surface area contributed by atoms with E-state index in [1.54, 1.807) is 0 Å². The van der Waals surface area contributed by atoms with Crippen LogP contribution in [-0.4, -0.2) is 23.9 Å². The molecular formula is C14H21NO. The summed E-state index contributed by atoms with van der Waals surface area (Å²) in [4.78, 5) is 14.2. The van der Waals surface area contributed by atoms with Crippen molar-refractivity contribution in [3.8, 4) is 0 Å². The molecule has 0 unspecified atom stereocenters. The Balaban J connectivity index is 2.97. The molecule has 88 valence electrons. The van der Waals surface area contributed by atoms with Crippen molar-refractivity contribution in [1.82, 2.24) is 4.90 Å². The minimum Gasteiger partial charge on any atom is -0.339 e. The number of amides is 1. The van der Waals surface area contributed by atoms with Crippen LogP contribution in [0.4, 0.5) is 0 Å². The highest BCUT2D eigenvalue weighted by Gasteiger charge is 2.21. The summed E-state index contributed by atoms with van der Waals surface area (Å²) in [6.07, 6.45) is 6.06. The summed E-state index contributed by atoms with van der Waals surface area (Å²) in [5.74, 6) is 0.149. The van der Waals surface area contributed by atoms with Crippen molar-refractivity contribution < 1.29 is 4.79 Å². The lowest BCUT2D eigenvalue weighted by Crippen LogP contribution is -2.29. The van der Waals surface area contributed by atoms with E-state index < -0.39 is 0 Å². The highest BCUT2D eigenvalue weighted by Crippen LogP contribution is 2.19. The van der Waals surface area contributed by atoms with E-state index in [9.17, 15) is 4.79 Å². The number of allylic oxidation sites excluding steroid dienone is 3. The molecule has 16 heavy (non-hydrogen) atoms. The number of hydrogen-bond acceptors (Lipinski definition) is 1. The molecule has 0 aromatic heterocycles. The van der Waals surface area contributed by atoms with Crippen LogP contribution in [0.1, 0.15) is 33.6 Å². The van der Waals surface area contributed by atoms with Gasteiger partial charge >= 0.3 is 0 Å². The molecule has 0 saturated carbocycles. The van der Waals surface area contributed by atoms with Crippen molar-refractivity contribution >= 4 is 5.91 Å². The number of hydrogen-bond donors (Lipinski definition) is 0. The first-order valence-electron chi connectivity index (χ1n) is 5.86. The van der Waals surface area contributed by atoms with Gasteiger partial charge < -0.3 is 4.90 Å². The lowest BCUT2D eigenvalue weighted by molar-refractivity contribution is -0.125. The number of nitrogens with zero attached hydrogens (tertiary/aromatic N) is 1. The zero-order chi connectivity index (χ0) is 12.1. The van der Waals surface area contributed by atoms with E-state index in [-0.39, 0.29) is 5.91 Å². The summed E-state index contributed by atoms with van der Waals surface area (Å²) >= 11 is 0. The second-order valence-corrected chi connectivity index (χ2v) is 4.32. The Morgan fingerprint density at radius 3 is 2.25 bits per heavy atom. The van der Waals surface area contributed by atoms with Gasteiger partial charge in [-0.1, -0.05) is 24.3 Å². The molecule has 2 heteroatoms. The van der Waals surface area contributed by atoms with Gasteiger partial charge in [0.25, 0.3) is 5.91 Å². The van der Waals surface area contributed by atoms with Crippen LogP contribution in [0, 0.1) is 0 Å². The summed E-state index contributed by atoms with van der Waals surface area (Å²) in [6.45, 7) is 11.5. The molecule has 1 rings (SSSR count). The van der Waals surface area contributed by atoms with Gasteiger partial charge in [-0.15, -0.1) is 0 Å². The van der Waals surface area contributed by atoms with Crippen LogP contribution >= 0.6 is 0 Å². The molecule has 0 radical (unpaired) electrons. The minimum atomic E-state index is 0.149. The van der Waals surface area contributed by atoms with Crippen molar-refractivity contribution in [1.29, 1.82) is 0 Å². The SMILES string of the molecule is C=C(C)/C(C)=C(\C=C/C)C(=O)N1CCCC1. The summed E-state index contributed by atoms with van der Waals surface area (Å²) in [5.41, 5.74) is 2.74. The molecule has 1 aliphatic rings. The molecule has 0 aromatic carbocycles. The quantitative estimate of drug-likeness (QED) is 0.527. The van der Waals surface area contributed by atoms with Crippen molar-refractivity contribution in [2.75, 3.05) is 13.1 Å². The second-order valence-electron chi connectivity index (χ2n) is 4.32. The van der Waals surface area contributed by atoms with E-state index in [0.717, 1.165) is 42.7 Å². The van der Waals surface area contributed by atoms with Gasteiger partial charge in [0, 0.05) is 18.7 Å². The fourth-order valence-corrected chi connectivity index (χ4v) is 1.84. The van der Waals surface area contributed by atoms with Gasteiger partial charge in [0.15, 0.2) is 0 Å². The predicted molar refractivity (Wildman–Crippen MR) is 68.1 cm³/mol. The summed E-state index contributed by atoms with van der Waals surface area (Å²) < 4.78 is 0. The summed E-state index contributed by atoms with van der Waals surface area (Å²) in [7, 11) is 0. The van der Waals surface area contributed by atoms with Crippen molar-refractivity contribution in [2.45, 2.75) is 33.6 Å². The minimum absolute atomic E-state index is 0.149.